The van der Waals surface area contributed by atoms with Crippen molar-refractivity contribution in [2.45, 2.75) is 113 Å². The van der Waals surface area contributed by atoms with Gasteiger partial charge in [-0.05, 0) is 109 Å². The van der Waals surface area contributed by atoms with Gasteiger partial charge >= 0.3 is 0 Å². The molecule has 0 saturated heterocycles. The summed E-state index contributed by atoms with van der Waals surface area (Å²) in [6.45, 7) is 18.7. The van der Waals surface area contributed by atoms with Crippen LogP contribution in [-0.4, -0.2) is 125 Å². The Morgan fingerprint density at radius 1 is 0.897 bits per heavy atom. The third kappa shape index (κ3) is 42.5. The predicted molar refractivity (Wildman–Crippen MR) is 265 cm³/mol. The first kappa shape index (κ1) is 70.9. The van der Waals surface area contributed by atoms with E-state index in [0.29, 0.717) is 12.8 Å². The Bertz CT molecular complexity index is 1710. The molecule has 2 aromatic rings. The number of rotatable bonds is 25. The maximum Gasteiger partial charge on any atom is 0.290 e. The molecule has 0 heterocycles. The van der Waals surface area contributed by atoms with Gasteiger partial charge in [0, 0.05) is 44.5 Å². The van der Waals surface area contributed by atoms with Crippen LogP contribution in [0.5, 0.6) is 0 Å². The van der Waals surface area contributed by atoms with E-state index < -0.39 is 17.9 Å². The summed E-state index contributed by atoms with van der Waals surface area (Å²) in [5, 5.41) is 26.7. The lowest BCUT2D eigenvalue weighted by molar-refractivity contribution is -0.130. The number of aliphatic hydroxyl groups is 1. The Morgan fingerprint density at radius 3 is 1.99 bits per heavy atom. The molecule has 2 aromatic carbocycles. The molecular weight excluding hydrogens is 884 g/mol. The first-order valence-electron chi connectivity index (χ1n) is 22.2. The van der Waals surface area contributed by atoms with Gasteiger partial charge in [-0.25, -0.2) is 4.39 Å². The van der Waals surface area contributed by atoms with E-state index in [2.05, 4.69) is 50.4 Å². The molecule has 2 unspecified atom stereocenters. The summed E-state index contributed by atoms with van der Waals surface area (Å²) in [5.74, 6) is -1.73. The average Bonchev–Trinajstić information content (AvgIpc) is 3.34. The van der Waals surface area contributed by atoms with Gasteiger partial charge in [0.1, 0.15) is 31.0 Å². The number of hydrogen-bond donors (Lipinski definition) is 8. The fourth-order valence-corrected chi connectivity index (χ4v) is 4.91. The zero-order valence-electron chi connectivity index (χ0n) is 42.1. The van der Waals surface area contributed by atoms with E-state index >= 15 is 0 Å². The van der Waals surface area contributed by atoms with Crippen molar-refractivity contribution < 1.29 is 62.4 Å². The number of methoxy groups -OCH3 is 1. The molecule has 0 saturated carbocycles. The van der Waals surface area contributed by atoms with Crippen molar-refractivity contribution in [3.05, 3.63) is 88.3 Å². The second-order valence-corrected chi connectivity index (χ2v) is 13.6. The van der Waals surface area contributed by atoms with Crippen LogP contribution in [0.4, 0.5) is 10.1 Å². The number of carbonyl (C=O) groups excluding carboxylic acids is 7. The Labute approximate surface area is 403 Å². The number of ketones is 1. The molecule has 2 atom stereocenters. The van der Waals surface area contributed by atoms with E-state index in [1.54, 1.807) is 13.0 Å². The van der Waals surface area contributed by atoms with Crippen molar-refractivity contribution in [1.82, 2.24) is 21.3 Å². The molecule has 19 heteroatoms. The number of benzene rings is 2. The van der Waals surface area contributed by atoms with Crippen LogP contribution >= 0.6 is 0 Å². The number of carboxylic acid groups (broad SMARTS) is 1. The Balaban J connectivity index is -0.000000256. The van der Waals surface area contributed by atoms with Crippen LogP contribution in [0.3, 0.4) is 0 Å². The summed E-state index contributed by atoms with van der Waals surface area (Å²) < 4.78 is 22.8. The number of ether oxygens (including phenoxy) is 2. The zero-order chi connectivity index (χ0) is 53.1. The number of hydrogen-bond acceptors (Lipinski definition) is 13. The average molecular weight is 965 g/mol. The highest BCUT2D eigenvalue weighted by Crippen LogP contribution is 2.15. The van der Waals surface area contributed by atoms with Crippen molar-refractivity contribution in [3.63, 3.8) is 0 Å². The zero-order valence-corrected chi connectivity index (χ0v) is 42.1. The number of unbranched alkanes of at least 4 members (excludes halogenated alkanes) is 1. The van der Waals surface area contributed by atoms with Gasteiger partial charge in [-0.3, -0.25) is 33.6 Å². The topological polar surface area (TPSA) is 282 Å². The van der Waals surface area contributed by atoms with E-state index in [-0.39, 0.29) is 69.2 Å². The second kappa shape index (κ2) is 51.8. The number of nitrogens with two attached hydrogens (primary N) is 1. The van der Waals surface area contributed by atoms with E-state index in [4.69, 9.17) is 25.5 Å². The van der Waals surface area contributed by atoms with Crippen molar-refractivity contribution in [2.24, 2.45) is 5.73 Å². The van der Waals surface area contributed by atoms with Crippen molar-refractivity contribution in [3.8, 4) is 0 Å². The molecule has 68 heavy (non-hydrogen) atoms. The van der Waals surface area contributed by atoms with Crippen LogP contribution in [0.2, 0.25) is 0 Å². The van der Waals surface area contributed by atoms with Gasteiger partial charge in [-0.2, -0.15) is 0 Å². The molecule has 2 rings (SSSR count). The van der Waals surface area contributed by atoms with Gasteiger partial charge in [0.15, 0.2) is 5.78 Å². The summed E-state index contributed by atoms with van der Waals surface area (Å²) in [6.07, 6.45) is 7.39. The number of carbonyl (C=O) groups is 8. The number of Topliss-reactive ketones (excluding diaryl/α,β-unsaturated/α-hetero) is 1. The highest BCUT2D eigenvalue weighted by Gasteiger charge is 2.20. The molecule has 0 aromatic heterocycles. The molecule has 386 valence electrons. The summed E-state index contributed by atoms with van der Waals surface area (Å²) >= 11 is 0. The Morgan fingerprint density at radius 2 is 1.50 bits per heavy atom. The lowest BCUT2D eigenvalue weighted by Crippen LogP contribution is -2.50. The number of aldehydes is 2. The fraction of sp³-hybridized carbons (Fsp3) is 0.510. The van der Waals surface area contributed by atoms with Crippen molar-refractivity contribution in [2.75, 3.05) is 58.9 Å². The maximum absolute atomic E-state index is 12.9. The number of anilines is 1. The number of aliphatic hydroxyl groups excluding tert-OH is 1. The quantitative estimate of drug-likeness (QED) is 0.0289. The third-order valence-electron chi connectivity index (χ3n) is 8.49. The molecule has 0 aliphatic rings. The SMILES string of the molecule is C/C=C(C)\C(C=O)=C(\C)CC.CC.CCOCc1ccccc1.CO.COCC(=O)CNC(=O)C(CCN)NC(=O)CNC=O.Cc1cc(F)ccc1NCC(=O)NC(C)CCCC=O.O=CO. The lowest BCUT2D eigenvalue weighted by Gasteiger charge is -2.17. The fourth-order valence-electron chi connectivity index (χ4n) is 4.91. The third-order valence-corrected chi connectivity index (χ3v) is 8.49. The molecule has 0 radical (unpaired) electrons. The van der Waals surface area contributed by atoms with Crippen LogP contribution in [0.1, 0.15) is 98.6 Å². The number of aryl methyl sites for hydroxylation is 1. The Hall–Kier alpha value is -6.15. The minimum absolute atomic E-state index is 0.0403. The minimum atomic E-state index is -0.851. The Kier molecular flexibility index (Phi) is 54.0. The molecule has 18 nitrogen and oxygen atoms in total. The van der Waals surface area contributed by atoms with Crippen LogP contribution in [0.25, 0.3) is 0 Å². The molecule has 0 aliphatic carbocycles. The summed E-state index contributed by atoms with van der Waals surface area (Å²) in [7, 11) is 2.37. The second-order valence-electron chi connectivity index (χ2n) is 13.6. The predicted octanol–water partition coefficient (Wildman–Crippen LogP) is 4.75. The highest BCUT2D eigenvalue weighted by molar-refractivity contribution is 5.92. The van der Waals surface area contributed by atoms with E-state index in [0.717, 1.165) is 80.1 Å². The number of amides is 4. The normalized spacial score (nSPS) is 10.9. The van der Waals surface area contributed by atoms with Gasteiger partial charge < -0.3 is 56.8 Å². The first-order valence-corrected chi connectivity index (χ1v) is 22.2. The molecule has 0 aliphatic heterocycles. The molecule has 0 fully saturated rings. The van der Waals surface area contributed by atoms with E-state index in [1.165, 1.54) is 24.8 Å². The lowest BCUT2D eigenvalue weighted by atomic mass is 10.0. The summed E-state index contributed by atoms with van der Waals surface area (Å²) in [6, 6.07) is 13.8. The summed E-state index contributed by atoms with van der Waals surface area (Å²) in [5.41, 5.74) is 11.2. The van der Waals surface area contributed by atoms with Gasteiger partial charge in [0.2, 0.25) is 24.1 Å². The molecule has 4 amide bonds. The number of allylic oxidation sites excluding steroid dienone is 4. The van der Waals surface area contributed by atoms with E-state index in [9.17, 15) is 38.0 Å². The van der Waals surface area contributed by atoms with Crippen molar-refractivity contribution in [1.29, 1.82) is 0 Å². The van der Waals surface area contributed by atoms with Crippen LogP contribution < -0.4 is 32.3 Å². The molecular formula is C49H81FN6O12. The van der Waals surface area contributed by atoms with Crippen LogP contribution in [-0.2, 0) is 54.4 Å². The number of halogens is 1. The minimum Gasteiger partial charge on any atom is -0.483 e. The highest BCUT2D eigenvalue weighted by atomic mass is 19.1. The van der Waals surface area contributed by atoms with Crippen LogP contribution in [0.15, 0.2) is 71.3 Å². The molecule has 0 bridgehead atoms. The maximum atomic E-state index is 12.9. The smallest absolute Gasteiger partial charge is 0.290 e. The molecule has 9 N–H and O–H groups in total. The van der Waals surface area contributed by atoms with E-state index in [1.807, 2.05) is 72.7 Å². The first-order chi connectivity index (χ1) is 32.6. The summed E-state index contributed by atoms with van der Waals surface area (Å²) in [4.78, 5) is 85.3. The van der Waals surface area contributed by atoms with Gasteiger partial charge in [-0.1, -0.05) is 62.8 Å². The van der Waals surface area contributed by atoms with Gasteiger partial charge in [0.05, 0.1) is 26.2 Å². The van der Waals surface area contributed by atoms with Gasteiger partial charge in [0.25, 0.3) is 6.47 Å². The van der Waals surface area contributed by atoms with Gasteiger partial charge in [-0.15, -0.1) is 0 Å². The van der Waals surface area contributed by atoms with Crippen LogP contribution in [0, 0.1) is 12.7 Å². The van der Waals surface area contributed by atoms with Crippen molar-refractivity contribution >= 4 is 54.6 Å². The standard InChI is InChI=1S/C15H21FN2O2.C11H20N4O5.C10H16O.C9H12O.C2H6.CH2O2.CH4O/c1-11-9-13(16)6-7-14(11)17-10-15(20)18-12(2)5-3-4-8-19;1-20-6-8(17)4-14-11(19)9(2-3-12)15-10(18)5-13-7-16;1-5-8(3)10(7-11)9(4)6-2;1-2-10-8-9-6-4-3-5-7-9;1-2;2-1-3;1-2/h6-9,12,17H,3-5,10H2,1-2H3,(H,18,20);7,9H,2-6,12H2,1H3,(H,13,16)(H,14,19)(H,15,18);5,7H,6H2,1-4H3;3-7H,2,8H2,1H3;1-2H3;1H,(H,2,3);2H,1H3/b;;8-5-,10-9-;;;;. The monoisotopic (exact) mass is 965 g/mol. The molecule has 0 spiro atoms. The number of nitrogens with one attached hydrogen (secondary N) is 5. The largest absolute Gasteiger partial charge is 0.483 e.